The molecule has 0 unspecified atom stereocenters. The second-order valence-corrected chi connectivity index (χ2v) is 9.30. The van der Waals surface area contributed by atoms with E-state index in [2.05, 4.69) is 16.7 Å². The molecule has 0 radical (unpaired) electrons. The van der Waals surface area contributed by atoms with Crippen molar-refractivity contribution >= 4 is 40.9 Å². The summed E-state index contributed by atoms with van der Waals surface area (Å²) in [4.78, 5) is 25.7. The molecule has 0 spiro atoms. The van der Waals surface area contributed by atoms with E-state index in [0.717, 1.165) is 17.3 Å². The molecule has 0 fully saturated rings. The zero-order valence-electron chi connectivity index (χ0n) is 19.3. The van der Waals surface area contributed by atoms with Crippen LogP contribution < -0.4 is 10.6 Å². The average molecular weight is 520 g/mol. The lowest BCUT2D eigenvalue weighted by Gasteiger charge is -2.28. The monoisotopic (exact) mass is 519 g/mol. The highest BCUT2D eigenvalue weighted by Gasteiger charge is 2.37. The number of benzene rings is 2. The standard InChI is InChI=1S/C27H22ClN3O4S/c1-17-24(27(33)35-15-18-7-3-2-4-8-18)25(22-11-6-12-34-22)21(14-29)26(30-17)36-16-23(32)31-20-10-5-9-19(28)13-20/h2-13,25,30H,15-16H2,1H3,(H,31,32)/t25-/m1/s1. The highest BCUT2D eigenvalue weighted by molar-refractivity contribution is 8.03. The second-order valence-electron chi connectivity index (χ2n) is 7.88. The molecule has 2 N–H and O–H groups in total. The van der Waals surface area contributed by atoms with Crippen LogP contribution in [0.25, 0.3) is 0 Å². The number of nitriles is 1. The number of rotatable bonds is 8. The van der Waals surface area contributed by atoms with E-state index < -0.39 is 11.9 Å². The Morgan fingerprint density at radius 3 is 2.67 bits per heavy atom. The molecule has 3 aromatic rings. The summed E-state index contributed by atoms with van der Waals surface area (Å²) < 4.78 is 11.2. The van der Waals surface area contributed by atoms with Crippen LogP contribution >= 0.6 is 23.4 Å². The Morgan fingerprint density at radius 2 is 1.97 bits per heavy atom. The molecular formula is C27H22ClN3O4S. The number of thioether (sulfide) groups is 1. The Bertz CT molecular complexity index is 1360. The summed E-state index contributed by atoms with van der Waals surface area (Å²) in [6, 6.07) is 21.8. The fraction of sp³-hybridized carbons (Fsp3) is 0.148. The van der Waals surface area contributed by atoms with Crippen molar-refractivity contribution in [1.29, 1.82) is 5.26 Å². The van der Waals surface area contributed by atoms with Gasteiger partial charge in [0.25, 0.3) is 0 Å². The minimum atomic E-state index is -0.770. The number of esters is 1. The molecule has 9 heteroatoms. The molecule has 2 aromatic carbocycles. The van der Waals surface area contributed by atoms with Crippen molar-refractivity contribution in [3.8, 4) is 6.07 Å². The highest BCUT2D eigenvalue weighted by Crippen LogP contribution is 2.41. The van der Waals surface area contributed by atoms with Crippen molar-refractivity contribution in [2.75, 3.05) is 11.1 Å². The van der Waals surface area contributed by atoms with Crippen molar-refractivity contribution in [1.82, 2.24) is 5.32 Å². The van der Waals surface area contributed by atoms with Crippen LogP contribution in [-0.4, -0.2) is 17.6 Å². The van der Waals surface area contributed by atoms with Crippen LogP contribution in [-0.2, 0) is 20.9 Å². The third-order valence-electron chi connectivity index (χ3n) is 5.36. The van der Waals surface area contributed by atoms with Gasteiger partial charge in [-0.25, -0.2) is 4.79 Å². The predicted octanol–water partition coefficient (Wildman–Crippen LogP) is 5.74. The molecular weight excluding hydrogens is 498 g/mol. The quantitative estimate of drug-likeness (QED) is 0.365. The van der Waals surface area contributed by atoms with E-state index in [1.54, 1.807) is 43.3 Å². The highest BCUT2D eigenvalue weighted by atomic mass is 35.5. The summed E-state index contributed by atoms with van der Waals surface area (Å²) in [6.45, 7) is 1.83. The first-order valence-corrected chi connectivity index (χ1v) is 12.4. The molecule has 4 rings (SSSR count). The Labute approximate surface area is 217 Å². The van der Waals surface area contributed by atoms with E-state index in [0.29, 0.717) is 27.2 Å². The van der Waals surface area contributed by atoms with Crippen LogP contribution in [0.2, 0.25) is 5.02 Å². The van der Waals surface area contributed by atoms with Crippen LogP contribution in [0.1, 0.15) is 24.2 Å². The van der Waals surface area contributed by atoms with E-state index in [1.807, 2.05) is 30.3 Å². The number of hydrogen-bond donors (Lipinski definition) is 2. The summed E-state index contributed by atoms with van der Waals surface area (Å²) in [6.07, 6.45) is 1.49. The Balaban J connectivity index is 1.54. The lowest BCUT2D eigenvalue weighted by atomic mass is 9.86. The molecule has 0 bridgehead atoms. The number of nitrogens with zero attached hydrogens (tertiary/aromatic N) is 1. The van der Waals surface area contributed by atoms with Gasteiger partial charge in [-0.05, 0) is 42.8 Å². The predicted molar refractivity (Wildman–Crippen MR) is 139 cm³/mol. The van der Waals surface area contributed by atoms with Gasteiger partial charge in [-0.3, -0.25) is 4.79 Å². The third-order valence-corrected chi connectivity index (χ3v) is 6.62. The molecule has 1 aromatic heterocycles. The maximum Gasteiger partial charge on any atom is 0.337 e. The van der Waals surface area contributed by atoms with Crippen LogP contribution in [0.5, 0.6) is 0 Å². The summed E-state index contributed by atoms with van der Waals surface area (Å²) in [7, 11) is 0. The summed E-state index contributed by atoms with van der Waals surface area (Å²) >= 11 is 7.14. The number of nitrogens with one attached hydrogen (secondary N) is 2. The number of carbonyl (C=O) groups excluding carboxylic acids is 2. The molecule has 1 atom stereocenters. The van der Waals surface area contributed by atoms with Gasteiger partial charge in [-0.15, -0.1) is 0 Å². The number of allylic oxidation sites excluding steroid dienone is 2. The molecule has 2 heterocycles. The molecule has 1 aliphatic rings. The number of amides is 1. The van der Waals surface area contributed by atoms with Gasteiger partial charge in [0, 0.05) is 16.4 Å². The molecule has 36 heavy (non-hydrogen) atoms. The third kappa shape index (κ3) is 6.00. The zero-order chi connectivity index (χ0) is 25.5. The number of furan rings is 1. The van der Waals surface area contributed by atoms with Crippen LogP contribution in [0.3, 0.4) is 0 Å². The van der Waals surface area contributed by atoms with Crippen LogP contribution in [0.15, 0.2) is 99.3 Å². The van der Waals surface area contributed by atoms with Gasteiger partial charge in [0.2, 0.25) is 5.91 Å². The van der Waals surface area contributed by atoms with Crippen molar-refractivity contribution in [3.63, 3.8) is 0 Å². The summed E-state index contributed by atoms with van der Waals surface area (Å²) in [5.74, 6) is -1.13. The maximum atomic E-state index is 13.2. The normalized spacial score (nSPS) is 15.2. The van der Waals surface area contributed by atoms with Crippen LogP contribution in [0, 0.1) is 11.3 Å². The fourth-order valence-corrected chi connectivity index (χ4v) is 4.82. The van der Waals surface area contributed by atoms with E-state index in [-0.39, 0.29) is 29.4 Å². The number of carbonyl (C=O) groups is 2. The van der Waals surface area contributed by atoms with E-state index in [9.17, 15) is 14.9 Å². The van der Waals surface area contributed by atoms with E-state index in [1.165, 1.54) is 6.26 Å². The second kappa shape index (κ2) is 11.7. The van der Waals surface area contributed by atoms with Crippen LogP contribution in [0.4, 0.5) is 5.69 Å². The first-order valence-electron chi connectivity index (χ1n) is 11.0. The Morgan fingerprint density at radius 1 is 1.17 bits per heavy atom. The number of ether oxygens (including phenoxy) is 1. The van der Waals surface area contributed by atoms with Gasteiger partial charge in [-0.1, -0.05) is 59.8 Å². The zero-order valence-corrected chi connectivity index (χ0v) is 20.9. The van der Waals surface area contributed by atoms with Gasteiger partial charge in [0.1, 0.15) is 12.4 Å². The number of halogens is 1. The van der Waals surface area contributed by atoms with Gasteiger partial charge < -0.3 is 19.8 Å². The molecule has 0 aliphatic carbocycles. The topological polar surface area (TPSA) is 104 Å². The van der Waals surface area contributed by atoms with Gasteiger partial charge >= 0.3 is 5.97 Å². The van der Waals surface area contributed by atoms with Crippen molar-refractivity contribution in [3.05, 3.63) is 111 Å². The largest absolute Gasteiger partial charge is 0.468 e. The molecule has 1 aliphatic heterocycles. The lowest BCUT2D eigenvalue weighted by Crippen LogP contribution is -2.29. The van der Waals surface area contributed by atoms with Crippen molar-refractivity contribution in [2.24, 2.45) is 0 Å². The molecule has 182 valence electrons. The SMILES string of the molecule is CC1=C(C(=O)OCc2ccccc2)[C@@H](c2ccco2)C(C#N)=C(SCC(=O)Nc2cccc(Cl)c2)N1. The molecule has 0 saturated carbocycles. The van der Waals surface area contributed by atoms with Gasteiger partial charge in [0.15, 0.2) is 0 Å². The smallest absolute Gasteiger partial charge is 0.337 e. The lowest BCUT2D eigenvalue weighted by molar-refractivity contribution is -0.140. The average Bonchev–Trinajstić information content (AvgIpc) is 3.41. The number of dihydropyridines is 1. The summed E-state index contributed by atoms with van der Waals surface area (Å²) in [5.41, 5.74) is 2.49. The van der Waals surface area contributed by atoms with E-state index >= 15 is 0 Å². The number of anilines is 1. The molecule has 7 nitrogen and oxygen atoms in total. The molecule has 1 amide bonds. The van der Waals surface area contributed by atoms with Crippen molar-refractivity contribution in [2.45, 2.75) is 19.4 Å². The Kier molecular flexibility index (Phi) is 8.16. The first kappa shape index (κ1) is 25.2. The minimum absolute atomic E-state index is 0.0337. The van der Waals surface area contributed by atoms with Gasteiger partial charge in [0.05, 0.1) is 40.2 Å². The maximum absolute atomic E-state index is 13.2. The van der Waals surface area contributed by atoms with Gasteiger partial charge in [-0.2, -0.15) is 5.26 Å². The minimum Gasteiger partial charge on any atom is -0.468 e. The van der Waals surface area contributed by atoms with E-state index in [4.69, 9.17) is 20.8 Å². The fourth-order valence-electron chi connectivity index (χ4n) is 3.74. The number of hydrogen-bond acceptors (Lipinski definition) is 7. The molecule has 0 saturated heterocycles. The summed E-state index contributed by atoms with van der Waals surface area (Å²) in [5, 5.41) is 16.9. The first-order chi connectivity index (χ1) is 17.5. The van der Waals surface area contributed by atoms with Crippen molar-refractivity contribution < 1.29 is 18.7 Å². The Hall–Kier alpha value is -3.93.